The van der Waals surface area contributed by atoms with Crippen LogP contribution in [-0.4, -0.2) is 56.3 Å². The SMILES string of the molecule is Cc1noc(C)c1CN1CCC2(CC1)[C@@H](c1cnn(C)c1)CC(=O)N2C. The van der Waals surface area contributed by atoms with Crippen molar-refractivity contribution >= 4 is 5.91 Å². The predicted molar refractivity (Wildman–Crippen MR) is 96.6 cm³/mol. The van der Waals surface area contributed by atoms with Crippen molar-refractivity contribution in [3.05, 3.63) is 35.0 Å². The molecule has 2 aliphatic heterocycles. The second-order valence-electron chi connectivity index (χ2n) is 7.84. The van der Waals surface area contributed by atoms with Crippen molar-refractivity contribution in [1.82, 2.24) is 24.7 Å². The van der Waals surface area contributed by atoms with Gasteiger partial charge in [-0.2, -0.15) is 5.10 Å². The molecule has 2 aromatic rings. The average molecular weight is 357 g/mol. The highest BCUT2D eigenvalue weighted by Crippen LogP contribution is 2.48. The van der Waals surface area contributed by atoms with Crippen LogP contribution in [0.3, 0.4) is 0 Å². The first-order chi connectivity index (χ1) is 12.4. The molecule has 1 spiro atoms. The maximum absolute atomic E-state index is 12.5. The van der Waals surface area contributed by atoms with Crippen LogP contribution in [0.2, 0.25) is 0 Å². The number of piperidine rings is 1. The fourth-order valence-electron chi connectivity index (χ4n) is 4.77. The summed E-state index contributed by atoms with van der Waals surface area (Å²) in [6.45, 7) is 6.78. The van der Waals surface area contributed by atoms with Crippen molar-refractivity contribution in [3.63, 3.8) is 0 Å². The van der Waals surface area contributed by atoms with Gasteiger partial charge in [-0.15, -0.1) is 0 Å². The molecular weight excluding hydrogens is 330 g/mol. The van der Waals surface area contributed by atoms with Crippen LogP contribution in [-0.2, 0) is 18.4 Å². The third-order valence-electron chi connectivity index (χ3n) is 6.48. The molecule has 0 saturated carbocycles. The maximum atomic E-state index is 12.5. The zero-order valence-corrected chi connectivity index (χ0v) is 16.0. The number of aromatic nitrogens is 3. The minimum absolute atomic E-state index is 0.0879. The Kier molecular flexibility index (Phi) is 4.14. The molecule has 2 aliphatic rings. The number of nitrogens with zero attached hydrogens (tertiary/aromatic N) is 5. The summed E-state index contributed by atoms with van der Waals surface area (Å²) in [6.07, 6.45) is 6.55. The van der Waals surface area contributed by atoms with Gasteiger partial charge < -0.3 is 9.42 Å². The molecule has 2 saturated heterocycles. The lowest BCUT2D eigenvalue weighted by Crippen LogP contribution is -2.53. The van der Waals surface area contributed by atoms with Gasteiger partial charge in [0.15, 0.2) is 0 Å². The van der Waals surface area contributed by atoms with Gasteiger partial charge in [0.25, 0.3) is 0 Å². The van der Waals surface area contributed by atoms with Gasteiger partial charge in [-0.25, -0.2) is 0 Å². The molecule has 4 rings (SSSR count). The molecule has 0 bridgehead atoms. The first-order valence-electron chi connectivity index (χ1n) is 9.30. The summed E-state index contributed by atoms with van der Waals surface area (Å²) in [6, 6.07) is 0. The molecule has 2 fully saturated rings. The van der Waals surface area contributed by atoms with Crippen molar-refractivity contribution in [3.8, 4) is 0 Å². The molecule has 0 aliphatic carbocycles. The normalized spacial score (nSPS) is 23.3. The molecule has 0 N–H and O–H groups in total. The number of aryl methyl sites for hydroxylation is 3. The van der Waals surface area contributed by atoms with Gasteiger partial charge in [0.2, 0.25) is 5.91 Å². The summed E-state index contributed by atoms with van der Waals surface area (Å²) < 4.78 is 7.13. The summed E-state index contributed by atoms with van der Waals surface area (Å²) >= 11 is 0. The predicted octanol–water partition coefficient (Wildman–Crippen LogP) is 2.01. The van der Waals surface area contributed by atoms with E-state index in [1.807, 2.05) is 43.7 Å². The number of hydrogen-bond acceptors (Lipinski definition) is 5. The Morgan fingerprint density at radius 1 is 1.27 bits per heavy atom. The number of likely N-dealkylation sites (tertiary alicyclic amines) is 2. The van der Waals surface area contributed by atoms with Gasteiger partial charge in [0, 0.05) is 57.8 Å². The molecule has 140 valence electrons. The molecule has 0 aromatic carbocycles. The molecule has 2 aromatic heterocycles. The minimum atomic E-state index is -0.0879. The highest BCUT2D eigenvalue weighted by Gasteiger charge is 2.52. The van der Waals surface area contributed by atoms with Crippen molar-refractivity contribution in [2.45, 2.75) is 51.1 Å². The largest absolute Gasteiger partial charge is 0.361 e. The van der Waals surface area contributed by atoms with Crippen LogP contribution in [0, 0.1) is 13.8 Å². The standard InChI is InChI=1S/C19H27N5O2/c1-13-16(14(2)26-21-13)12-24-7-5-19(6-8-24)17(9-18(25)23(19)4)15-10-20-22(3)11-15/h10-11,17H,5-9,12H2,1-4H3/t17-/m1/s1. The Labute approximate surface area is 153 Å². The quantitative estimate of drug-likeness (QED) is 0.841. The Hall–Kier alpha value is -2.15. The Morgan fingerprint density at radius 2 is 2.00 bits per heavy atom. The zero-order chi connectivity index (χ0) is 18.5. The van der Waals surface area contributed by atoms with E-state index in [2.05, 4.69) is 21.4 Å². The summed E-state index contributed by atoms with van der Waals surface area (Å²) in [4.78, 5) is 17.0. The molecule has 4 heterocycles. The lowest BCUT2D eigenvalue weighted by molar-refractivity contribution is -0.130. The molecule has 7 heteroatoms. The Morgan fingerprint density at radius 3 is 2.58 bits per heavy atom. The number of carbonyl (C=O) groups is 1. The molecule has 26 heavy (non-hydrogen) atoms. The van der Waals surface area contributed by atoms with Crippen LogP contribution in [0.5, 0.6) is 0 Å². The van der Waals surface area contributed by atoms with Crippen LogP contribution in [0.25, 0.3) is 0 Å². The highest BCUT2D eigenvalue weighted by molar-refractivity contribution is 5.81. The van der Waals surface area contributed by atoms with E-state index in [1.54, 1.807) is 0 Å². The average Bonchev–Trinajstić information content (AvgIpc) is 3.26. The van der Waals surface area contributed by atoms with Gasteiger partial charge in [-0.3, -0.25) is 14.4 Å². The fraction of sp³-hybridized carbons (Fsp3) is 0.632. The van der Waals surface area contributed by atoms with Crippen LogP contribution < -0.4 is 0 Å². The van der Waals surface area contributed by atoms with Crippen molar-refractivity contribution in [2.75, 3.05) is 20.1 Å². The maximum Gasteiger partial charge on any atom is 0.223 e. The Bertz CT molecular complexity index is 796. The summed E-state index contributed by atoms with van der Waals surface area (Å²) in [5, 5.41) is 8.40. The van der Waals surface area contributed by atoms with Crippen LogP contribution >= 0.6 is 0 Å². The molecule has 0 unspecified atom stereocenters. The summed E-state index contributed by atoms with van der Waals surface area (Å²) in [5.74, 6) is 1.39. The number of likely N-dealkylation sites (N-methyl/N-ethyl adjacent to an activating group) is 1. The molecule has 1 atom stereocenters. The molecule has 1 amide bonds. The first kappa shape index (κ1) is 17.3. The monoisotopic (exact) mass is 357 g/mol. The van der Waals surface area contributed by atoms with Crippen molar-refractivity contribution < 1.29 is 9.32 Å². The minimum Gasteiger partial charge on any atom is -0.361 e. The fourth-order valence-corrected chi connectivity index (χ4v) is 4.77. The number of rotatable bonds is 3. The van der Waals surface area contributed by atoms with Crippen LogP contribution in [0.4, 0.5) is 0 Å². The number of amides is 1. The third-order valence-corrected chi connectivity index (χ3v) is 6.48. The van der Waals surface area contributed by atoms with Gasteiger partial charge in [-0.05, 0) is 32.3 Å². The van der Waals surface area contributed by atoms with Crippen LogP contribution in [0.15, 0.2) is 16.9 Å². The van der Waals surface area contributed by atoms with Gasteiger partial charge in [0.05, 0.1) is 17.4 Å². The molecular formula is C19H27N5O2. The first-order valence-corrected chi connectivity index (χ1v) is 9.30. The van der Waals surface area contributed by atoms with Gasteiger partial charge in [0.1, 0.15) is 5.76 Å². The van der Waals surface area contributed by atoms with Gasteiger partial charge in [-0.1, -0.05) is 5.16 Å². The topological polar surface area (TPSA) is 67.4 Å². The van der Waals surface area contributed by atoms with E-state index in [9.17, 15) is 4.79 Å². The smallest absolute Gasteiger partial charge is 0.223 e. The van der Waals surface area contributed by atoms with E-state index < -0.39 is 0 Å². The molecule has 7 nitrogen and oxygen atoms in total. The van der Waals surface area contributed by atoms with Gasteiger partial charge >= 0.3 is 0 Å². The van der Waals surface area contributed by atoms with E-state index in [4.69, 9.17) is 4.52 Å². The van der Waals surface area contributed by atoms with E-state index in [-0.39, 0.29) is 17.4 Å². The van der Waals surface area contributed by atoms with E-state index >= 15 is 0 Å². The summed E-state index contributed by atoms with van der Waals surface area (Å²) in [5.41, 5.74) is 3.27. The number of hydrogen-bond donors (Lipinski definition) is 0. The van der Waals surface area contributed by atoms with E-state index in [0.717, 1.165) is 43.9 Å². The van der Waals surface area contributed by atoms with Crippen molar-refractivity contribution in [1.29, 1.82) is 0 Å². The van der Waals surface area contributed by atoms with Crippen LogP contribution in [0.1, 0.15) is 47.8 Å². The zero-order valence-electron chi connectivity index (χ0n) is 16.0. The summed E-state index contributed by atoms with van der Waals surface area (Å²) in [7, 11) is 3.91. The van der Waals surface area contributed by atoms with E-state index in [1.165, 1.54) is 11.1 Å². The lowest BCUT2D eigenvalue weighted by atomic mass is 9.74. The highest BCUT2D eigenvalue weighted by atomic mass is 16.5. The van der Waals surface area contributed by atoms with Crippen molar-refractivity contribution in [2.24, 2.45) is 7.05 Å². The lowest BCUT2D eigenvalue weighted by Gasteiger charge is -2.46. The molecule has 0 radical (unpaired) electrons. The second kappa shape index (κ2) is 6.23. The Balaban J connectivity index is 1.53. The van der Waals surface area contributed by atoms with E-state index in [0.29, 0.717) is 6.42 Å². The number of carbonyl (C=O) groups excluding carboxylic acids is 1. The third kappa shape index (κ3) is 2.65. The second-order valence-corrected chi connectivity index (χ2v) is 7.84.